The molecule has 1 saturated heterocycles. The Morgan fingerprint density at radius 2 is 2.23 bits per heavy atom. The van der Waals surface area contributed by atoms with Gasteiger partial charge in [0.25, 0.3) is 0 Å². The number of carbonyl (C=O) groups is 1. The molecule has 1 aromatic heterocycles. The Morgan fingerprint density at radius 3 is 3.00 bits per heavy atom. The van der Waals surface area contributed by atoms with E-state index in [0.29, 0.717) is 23.8 Å². The molecule has 1 aromatic carbocycles. The van der Waals surface area contributed by atoms with E-state index in [0.717, 1.165) is 30.8 Å². The van der Waals surface area contributed by atoms with Crippen molar-refractivity contribution < 1.29 is 9.32 Å². The van der Waals surface area contributed by atoms with Crippen LogP contribution in [0.25, 0.3) is 11.3 Å². The van der Waals surface area contributed by atoms with Crippen LogP contribution in [-0.4, -0.2) is 41.1 Å². The lowest BCUT2D eigenvalue weighted by atomic mass is 10.1. The molecule has 116 valence electrons. The van der Waals surface area contributed by atoms with E-state index in [-0.39, 0.29) is 5.91 Å². The monoisotopic (exact) mass is 316 g/mol. The van der Waals surface area contributed by atoms with Gasteiger partial charge in [-0.3, -0.25) is 4.79 Å². The standard InChI is InChI=1S/C17H20N2O2S/c1-22-12-13-7-8-19(11-13)17(20)10-15-9-16(21-18-15)14-5-3-2-4-6-14/h2-6,9,13H,7-8,10-12H2,1H3. The number of hydrogen-bond donors (Lipinski definition) is 0. The number of likely N-dealkylation sites (tertiary alicyclic amines) is 1. The van der Waals surface area contributed by atoms with Gasteiger partial charge in [0.15, 0.2) is 5.76 Å². The van der Waals surface area contributed by atoms with E-state index >= 15 is 0 Å². The van der Waals surface area contributed by atoms with E-state index in [1.54, 1.807) is 0 Å². The molecule has 1 fully saturated rings. The molecule has 3 rings (SSSR count). The number of thioether (sulfide) groups is 1. The Bertz CT molecular complexity index is 627. The van der Waals surface area contributed by atoms with Crippen LogP contribution in [-0.2, 0) is 11.2 Å². The van der Waals surface area contributed by atoms with Crippen molar-refractivity contribution in [1.29, 1.82) is 0 Å². The second-order valence-corrected chi connectivity index (χ2v) is 6.59. The van der Waals surface area contributed by atoms with Crippen LogP contribution in [0, 0.1) is 5.92 Å². The second-order valence-electron chi connectivity index (χ2n) is 5.68. The number of nitrogens with zero attached hydrogens (tertiary/aromatic N) is 2. The van der Waals surface area contributed by atoms with Gasteiger partial charge in [0.1, 0.15) is 0 Å². The lowest BCUT2D eigenvalue weighted by molar-refractivity contribution is -0.129. The highest BCUT2D eigenvalue weighted by molar-refractivity contribution is 7.98. The van der Waals surface area contributed by atoms with E-state index in [4.69, 9.17) is 4.52 Å². The highest BCUT2D eigenvalue weighted by Crippen LogP contribution is 2.22. The van der Waals surface area contributed by atoms with Gasteiger partial charge in [0.05, 0.1) is 12.1 Å². The smallest absolute Gasteiger partial charge is 0.228 e. The average molecular weight is 316 g/mol. The van der Waals surface area contributed by atoms with Crippen LogP contribution < -0.4 is 0 Å². The molecule has 0 spiro atoms. The van der Waals surface area contributed by atoms with Crippen molar-refractivity contribution >= 4 is 17.7 Å². The number of aromatic nitrogens is 1. The minimum atomic E-state index is 0.150. The lowest BCUT2D eigenvalue weighted by Gasteiger charge is -2.15. The minimum Gasteiger partial charge on any atom is -0.356 e. The van der Waals surface area contributed by atoms with Crippen LogP contribution in [0.2, 0.25) is 0 Å². The summed E-state index contributed by atoms with van der Waals surface area (Å²) in [5.41, 5.74) is 1.69. The summed E-state index contributed by atoms with van der Waals surface area (Å²) in [5.74, 6) is 2.63. The molecule has 2 aromatic rings. The Labute approximate surface area is 134 Å². The van der Waals surface area contributed by atoms with Gasteiger partial charge in [-0.2, -0.15) is 11.8 Å². The van der Waals surface area contributed by atoms with Gasteiger partial charge in [0, 0.05) is 24.7 Å². The molecular weight excluding hydrogens is 296 g/mol. The first kappa shape index (κ1) is 15.2. The minimum absolute atomic E-state index is 0.150. The predicted molar refractivity (Wildman–Crippen MR) is 88.7 cm³/mol. The van der Waals surface area contributed by atoms with E-state index in [1.807, 2.05) is 53.1 Å². The summed E-state index contributed by atoms with van der Waals surface area (Å²) in [7, 11) is 0. The molecule has 1 aliphatic rings. The summed E-state index contributed by atoms with van der Waals surface area (Å²) >= 11 is 1.85. The first-order valence-electron chi connectivity index (χ1n) is 7.54. The summed E-state index contributed by atoms with van der Waals surface area (Å²) in [6.45, 7) is 1.75. The van der Waals surface area contributed by atoms with Crippen LogP contribution in [0.4, 0.5) is 0 Å². The normalized spacial score (nSPS) is 17.9. The topological polar surface area (TPSA) is 46.3 Å². The largest absolute Gasteiger partial charge is 0.356 e. The molecule has 0 radical (unpaired) electrons. The summed E-state index contributed by atoms with van der Waals surface area (Å²) in [4.78, 5) is 14.3. The zero-order chi connectivity index (χ0) is 15.4. The van der Waals surface area contributed by atoms with Crippen LogP contribution in [0.3, 0.4) is 0 Å². The van der Waals surface area contributed by atoms with Crippen molar-refractivity contribution in [2.24, 2.45) is 5.92 Å². The average Bonchev–Trinajstić information content (AvgIpc) is 3.18. The van der Waals surface area contributed by atoms with Crippen molar-refractivity contribution in [3.05, 3.63) is 42.1 Å². The number of rotatable bonds is 5. The van der Waals surface area contributed by atoms with Crippen molar-refractivity contribution in [1.82, 2.24) is 10.1 Å². The Kier molecular flexibility index (Phi) is 4.83. The van der Waals surface area contributed by atoms with Gasteiger partial charge < -0.3 is 9.42 Å². The molecule has 0 aliphatic carbocycles. The fourth-order valence-corrected chi connectivity index (χ4v) is 3.57. The number of benzene rings is 1. The summed E-state index contributed by atoms with van der Waals surface area (Å²) < 4.78 is 5.35. The number of carbonyl (C=O) groups excluding carboxylic acids is 1. The fraction of sp³-hybridized carbons (Fsp3) is 0.412. The predicted octanol–water partition coefficient (Wildman–Crippen LogP) is 3.10. The van der Waals surface area contributed by atoms with E-state index in [2.05, 4.69) is 11.4 Å². The highest BCUT2D eigenvalue weighted by Gasteiger charge is 2.26. The third-order valence-electron chi connectivity index (χ3n) is 3.99. The zero-order valence-electron chi connectivity index (χ0n) is 12.7. The third-order valence-corrected chi connectivity index (χ3v) is 4.80. The Morgan fingerprint density at radius 1 is 1.41 bits per heavy atom. The van der Waals surface area contributed by atoms with E-state index in [1.165, 1.54) is 0 Å². The molecule has 0 bridgehead atoms. The van der Waals surface area contributed by atoms with Gasteiger partial charge in [-0.25, -0.2) is 0 Å². The SMILES string of the molecule is CSCC1CCN(C(=O)Cc2cc(-c3ccccc3)on2)C1. The maximum atomic E-state index is 12.3. The zero-order valence-corrected chi connectivity index (χ0v) is 13.5. The quantitative estimate of drug-likeness (QED) is 0.850. The van der Waals surface area contributed by atoms with Crippen molar-refractivity contribution in [3.63, 3.8) is 0 Å². The van der Waals surface area contributed by atoms with Crippen molar-refractivity contribution in [3.8, 4) is 11.3 Å². The molecule has 1 amide bonds. The summed E-state index contributed by atoms with van der Waals surface area (Å²) in [6.07, 6.45) is 3.55. The van der Waals surface area contributed by atoms with Crippen LogP contribution in [0.1, 0.15) is 12.1 Å². The maximum Gasteiger partial charge on any atom is 0.228 e. The van der Waals surface area contributed by atoms with E-state index < -0.39 is 0 Å². The number of amides is 1. The molecule has 4 nitrogen and oxygen atoms in total. The van der Waals surface area contributed by atoms with Crippen molar-refractivity contribution in [2.45, 2.75) is 12.8 Å². The first-order valence-corrected chi connectivity index (χ1v) is 8.93. The van der Waals surface area contributed by atoms with Gasteiger partial charge in [-0.15, -0.1) is 0 Å². The molecule has 1 aliphatic heterocycles. The molecule has 2 heterocycles. The van der Waals surface area contributed by atoms with Gasteiger partial charge in [-0.05, 0) is 24.3 Å². The molecule has 5 heteroatoms. The Hall–Kier alpha value is -1.75. The lowest BCUT2D eigenvalue weighted by Crippen LogP contribution is -2.30. The van der Waals surface area contributed by atoms with Gasteiger partial charge >= 0.3 is 0 Å². The molecule has 0 saturated carbocycles. The molecule has 1 unspecified atom stereocenters. The molecule has 22 heavy (non-hydrogen) atoms. The fourth-order valence-electron chi connectivity index (χ4n) is 2.83. The van der Waals surface area contributed by atoms with Gasteiger partial charge in [0.2, 0.25) is 5.91 Å². The molecule has 1 atom stereocenters. The summed E-state index contributed by atoms with van der Waals surface area (Å²) in [5, 5.41) is 4.03. The van der Waals surface area contributed by atoms with E-state index in [9.17, 15) is 4.79 Å². The summed E-state index contributed by atoms with van der Waals surface area (Å²) in [6, 6.07) is 11.7. The van der Waals surface area contributed by atoms with Crippen LogP contribution in [0.5, 0.6) is 0 Å². The Balaban J connectivity index is 1.60. The second kappa shape index (κ2) is 7.01. The van der Waals surface area contributed by atoms with Crippen LogP contribution >= 0.6 is 11.8 Å². The third kappa shape index (κ3) is 3.53. The van der Waals surface area contributed by atoms with Gasteiger partial charge in [-0.1, -0.05) is 35.5 Å². The molecule has 0 N–H and O–H groups in total. The highest BCUT2D eigenvalue weighted by atomic mass is 32.2. The number of hydrogen-bond acceptors (Lipinski definition) is 4. The maximum absolute atomic E-state index is 12.3. The molecular formula is C17H20N2O2S. The van der Waals surface area contributed by atoms with Crippen LogP contribution in [0.15, 0.2) is 40.9 Å². The first-order chi connectivity index (χ1) is 10.8. The van der Waals surface area contributed by atoms with Crippen molar-refractivity contribution in [2.75, 3.05) is 25.1 Å².